The Labute approximate surface area is 199 Å². The third-order valence-electron chi connectivity index (χ3n) is 5.13. The fourth-order valence-corrected chi connectivity index (χ4v) is 4.74. The van der Waals surface area contributed by atoms with Crippen molar-refractivity contribution in [3.05, 3.63) is 109 Å². The number of carbonyl (C=O) groups is 2. The molecule has 0 radical (unpaired) electrons. The van der Waals surface area contributed by atoms with E-state index in [1.165, 1.54) is 28.9 Å². The lowest BCUT2D eigenvalue weighted by molar-refractivity contribution is -0.138. The van der Waals surface area contributed by atoms with Crippen molar-refractivity contribution in [2.24, 2.45) is 4.99 Å². The summed E-state index contributed by atoms with van der Waals surface area (Å²) in [7, 11) is 0. The number of hydrogen-bond acceptors (Lipinski definition) is 7. The summed E-state index contributed by atoms with van der Waals surface area (Å²) in [5.74, 6) is -0.650. The standard InChI is InChI=1S/C26H22N2O5S/c1-4-14-32-25(31)22-16(2)27-26-28(23(22)19-10-12-20(13-11-19)33-17(3)29)24(30)21(34-26)15-18-8-6-5-7-9-18/h4-13,15,23H,1,14H2,2-3H3/b21-15-. The molecule has 1 aliphatic rings. The Bertz CT molecular complexity index is 1460. The maximum atomic E-state index is 13.5. The molecule has 4 rings (SSSR count). The Kier molecular flexibility index (Phi) is 6.70. The zero-order valence-corrected chi connectivity index (χ0v) is 19.5. The predicted molar refractivity (Wildman–Crippen MR) is 129 cm³/mol. The number of nitrogens with zero attached hydrogens (tertiary/aromatic N) is 2. The van der Waals surface area contributed by atoms with Crippen molar-refractivity contribution in [3.8, 4) is 5.75 Å². The Hall–Kier alpha value is -4.04. The van der Waals surface area contributed by atoms with E-state index >= 15 is 0 Å². The first-order valence-corrected chi connectivity index (χ1v) is 11.3. The van der Waals surface area contributed by atoms with Gasteiger partial charge in [-0.1, -0.05) is 66.5 Å². The third kappa shape index (κ3) is 4.67. The molecule has 34 heavy (non-hydrogen) atoms. The van der Waals surface area contributed by atoms with Gasteiger partial charge in [-0.05, 0) is 36.3 Å². The molecular formula is C26H22N2O5S. The zero-order valence-electron chi connectivity index (χ0n) is 18.7. The van der Waals surface area contributed by atoms with Gasteiger partial charge in [0.2, 0.25) is 0 Å². The van der Waals surface area contributed by atoms with Crippen molar-refractivity contribution >= 4 is 29.4 Å². The van der Waals surface area contributed by atoms with Crippen LogP contribution in [0.5, 0.6) is 5.75 Å². The number of ether oxygens (including phenoxy) is 2. The molecule has 7 nitrogen and oxygen atoms in total. The molecule has 0 N–H and O–H groups in total. The molecule has 0 bridgehead atoms. The number of thiazole rings is 1. The lowest BCUT2D eigenvalue weighted by Crippen LogP contribution is -2.39. The Balaban J connectivity index is 1.89. The number of benzene rings is 2. The van der Waals surface area contributed by atoms with Crippen LogP contribution in [-0.4, -0.2) is 23.1 Å². The van der Waals surface area contributed by atoms with E-state index in [0.29, 0.717) is 26.3 Å². The maximum absolute atomic E-state index is 13.5. The molecule has 0 spiro atoms. The Morgan fingerprint density at radius 1 is 1.15 bits per heavy atom. The summed E-state index contributed by atoms with van der Waals surface area (Å²) in [4.78, 5) is 42.9. The molecule has 0 fully saturated rings. The minimum atomic E-state index is -0.752. The highest BCUT2D eigenvalue weighted by Crippen LogP contribution is 2.31. The highest BCUT2D eigenvalue weighted by molar-refractivity contribution is 7.07. The second kappa shape index (κ2) is 9.84. The largest absolute Gasteiger partial charge is 0.458 e. The zero-order chi connectivity index (χ0) is 24.2. The molecule has 2 heterocycles. The van der Waals surface area contributed by atoms with Gasteiger partial charge in [-0.15, -0.1) is 0 Å². The summed E-state index contributed by atoms with van der Waals surface area (Å²) in [6.07, 6.45) is 3.28. The fraction of sp³-hybridized carbons (Fsp3) is 0.154. The van der Waals surface area contributed by atoms with Gasteiger partial charge in [0.1, 0.15) is 12.4 Å². The Morgan fingerprint density at radius 2 is 1.85 bits per heavy atom. The molecule has 3 aromatic rings. The lowest BCUT2D eigenvalue weighted by atomic mass is 9.96. The number of aromatic nitrogens is 1. The van der Waals surface area contributed by atoms with Crippen LogP contribution in [0.3, 0.4) is 0 Å². The first kappa shape index (κ1) is 23.1. The second-order valence-electron chi connectivity index (χ2n) is 7.54. The van der Waals surface area contributed by atoms with Crippen LogP contribution in [-0.2, 0) is 14.3 Å². The van der Waals surface area contributed by atoms with E-state index in [9.17, 15) is 14.4 Å². The normalized spacial score (nSPS) is 15.4. The second-order valence-corrected chi connectivity index (χ2v) is 8.55. The molecule has 0 saturated heterocycles. The van der Waals surface area contributed by atoms with Gasteiger partial charge in [0.05, 0.1) is 21.8 Å². The van der Waals surface area contributed by atoms with Crippen LogP contribution in [0, 0.1) is 0 Å². The van der Waals surface area contributed by atoms with Gasteiger partial charge < -0.3 is 9.47 Å². The number of rotatable bonds is 6. The number of carbonyl (C=O) groups excluding carboxylic acids is 2. The van der Waals surface area contributed by atoms with Gasteiger partial charge in [-0.25, -0.2) is 9.79 Å². The molecule has 2 aromatic carbocycles. The fourth-order valence-electron chi connectivity index (χ4n) is 3.70. The van der Waals surface area contributed by atoms with Gasteiger partial charge in [0.15, 0.2) is 4.80 Å². The van der Waals surface area contributed by atoms with Gasteiger partial charge in [0.25, 0.3) is 5.56 Å². The van der Waals surface area contributed by atoms with Crippen LogP contribution in [0.15, 0.2) is 88.3 Å². The summed E-state index contributed by atoms with van der Waals surface area (Å²) >= 11 is 1.26. The van der Waals surface area contributed by atoms with E-state index in [2.05, 4.69) is 11.6 Å². The van der Waals surface area contributed by atoms with Crippen LogP contribution >= 0.6 is 11.3 Å². The van der Waals surface area contributed by atoms with E-state index in [4.69, 9.17) is 9.47 Å². The molecule has 1 aromatic heterocycles. The van der Waals surface area contributed by atoms with Crippen molar-refractivity contribution in [1.29, 1.82) is 0 Å². The molecular weight excluding hydrogens is 452 g/mol. The number of esters is 2. The van der Waals surface area contributed by atoms with E-state index in [1.807, 2.05) is 30.3 Å². The number of allylic oxidation sites excluding steroid dienone is 1. The van der Waals surface area contributed by atoms with Crippen molar-refractivity contribution in [3.63, 3.8) is 0 Å². The summed E-state index contributed by atoms with van der Waals surface area (Å²) in [5.41, 5.74) is 2.01. The minimum absolute atomic E-state index is 0.0339. The van der Waals surface area contributed by atoms with Gasteiger partial charge in [-0.3, -0.25) is 14.2 Å². The molecule has 0 amide bonds. The SMILES string of the molecule is C=CCOC(=O)C1=C(C)N=c2s/c(=C\c3ccccc3)c(=O)n2C1c1ccc(OC(C)=O)cc1. The summed E-state index contributed by atoms with van der Waals surface area (Å²) in [5, 5.41) is 0. The first-order chi connectivity index (χ1) is 16.4. The van der Waals surface area contributed by atoms with Crippen molar-refractivity contribution in [2.75, 3.05) is 6.61 Å². The monoisotopic (exact) mass is 474 g/mol. The highest BCUT2D eigenvalue weighted by atomic mass is 32.1. The quantitative estimate of drug-likeness (QED) is 0.312. The first-order valence-electron chi connectivity index (χ1n) is 10.5. The predicted octanol–water partition coefficient (Wildman–Crippen LogP) is 2.89. The van der Waals surface area contributed by atoms with Crippen molar-refractivity contribution < 1.29 is 19.1 Å². The van der Waals surface area contributed by atoms with Crippen molar-refractivity contribution in [2.45, 2.75) is 19.9 Å². The summed E-state index contributed by atoms with van der Waals surface area (Å²) in [6, 6.07) is 15.5. The number of fused-ring (bicyclic) bond motifs is 1. The molecule has 0 saturated carbocycles. The summed E-state index contributed by atoms with van der Waals surface area (Å²) < 4.78 is 12.5. The van der Waals surface area contributed by atoms with E-state index in [1.54, 1.807) is 37.3 Å². The molecule has 1 unspecified atom stereocenters. The number of hydrogen-bond donors (Lipinski definition) is 0. The van der Waals surface area contributed by atoms with E-state index in [0.717, 1.165) is 5.56 Å². The van der Waals surface area contributed by atoms with E-state index < -0.39 is 18.0 Å². The van der Waals surface area contributed by atoms with Crippen LogP contribution in [0.1, 0.15) is 31.0 Å². The molecule has 8 heteroatoms. The van der Waals surface area contributed by atoms with Crippen LogP contribution < -0.4 is 19.6 Å². The van der Waals surface area contributed by atoms with Gasteiger partial charge >= 0.3 is 11.9 Å². The summed E-state index contributed by atoms with van der Waals surface area (Å²) in [6.45, 7) is 6.66. The van der Waals surface area contributed by atoms with Gasteiger partial charge in [0, 0.05) is 6.92 Å². The van der Waals surface area contributed by atoms with Crippen LogP contribution in [0.4, 0.5) is 0 Å². The van der Waals surface area contributed by atoms with E-state index in [-0.39, 0.29) is 17.7 Å². The molecule has 172 valence electrons. The Morgan fingerprint density at radius 3 is 2.50 bits per heavy atom. The minimum Gasteiger partial charge on any atom is -0.458 e. The average Bonchev–Trinajstić information content (AvgIpc) is 3.12. The van der Waals surface area contributed by atoms with Crippen molar-refractivity contribution in [1.82, 2.24) is 4.57 Å². The molecule has 0 aliphatic carbocycles. The maximum Gasteiger partial charge on any atom is 0.338 e. The lowest BCUT2D eigenvalue weighted by Gasteiger charge is -2.24. The third-order valence-corrected chi connectivity index (χ3v) is 6.11. The topological polar surface area (TPSA) is 87.0 Å². The molecule has 1 aliphatic heterocycles. The van der Waals surface area contributed by atoms with Gasteiger partial charge in [-0.2, -0.15) is 0 Å². The van der Waals surface area contributed by atoms with Crippen LogP contribution in [0.2, 0.25) is 0 Å². The average molecular weight is 475 g/mol. The highest BCUT2D eigenvalue weighted by Gasteiger charge is 2.33. The molecule has 1 atom stereocenters. The van der Waals surface area contributed by atoms with Crippen LogP contribution in [0.25, 0.3) is 6.08 Å². The smallest absolute Gasteiger partial charge is 0.338 e.